The topological polar surface area (TPSA) is 67.6 Å². The first-order valence-corrected chi connectivity index (χ1v) is 5.88. The summed E-state index contributed by atoms with van der Waals surface area (Å²) in [5, 5.41) is 2.85. The molecule has 0 heterocycles. The molecule has 0 aliphatic heterocycles. The summed E-state index contributed by atoms with van der Waals surface area (Å²) in [6, 6.07) is 5.59. The van der Waals surface area contributed by atoms with Crippen LogP contribution in [0.4, 0.5) is 11.4 Å². The van der Waals surface area contributed by atoms with Crippen molar-refractivity contribution in [3.8, 4) is 5.75 Å². The highest BCUT2D eigenvalue weighted by Gasteiger charge is 2.10. The Balaban J connectivity index is 2.72. The molecule has 1 amide bonds. The van der Waals surface area contributed by atoms with Gasteiger partial charge < -0.3 is 20.7 Å². The fourth-order valence-electron chi connectivity index (χ4n) is 1.61. The SMILES string of the molecule is COc1cc(N(C)CC(=O)NC(C)C)ccc1N. The Morgan fingerprint density at radius 3 is 2.72 bits per heavy atom. The summed E-state index contributed by atoms with van der Waals surface area (Å²) < 4.78 is 5.15. The van der Waals surface area contributed by atoms with Gasteiger partial charge in [-0.25, -0.2) is 0 Å². The van der Waals surface area contributed by atoms with Crippen LogP contribution in [-0.4, -0.2) is 32.7 Å². The van der Waals surface area contributed by atoms with Gasteiger partial charge in [0.2, 0.25) is 5.91 Å². The third-order valence-corrected chi connectivity index (χ3v) is 2.49. The van der Waals surface area contributed by atoms with Gasteiger partial charge >= 0.3 is 0 Å². The highest BCUT2D eigenvalue weighted by Crippen LogP contribution is 2.26. The van der Waals surface area contributed by atoms with E-state index < -0.39 is 0 Å². The van der Waals surface area contributed by atoms with Crippen LogP contribution < -0.4 is 20.7 Å². The van der Waals surface area contributed by atoms with Gasteiger partial charge in [-0.3, -0.25) is 4.79 Å². The number of anilines is 2. The van der Waals surface area contributed by atoms with E-state index in [1.807, 2.05) is 37.9 Å². The summed E-state index contributed by atoms with van der Waals surface area (Å²) >= 11 is 0. The molecule has 0 spiro atoms. The maximum Gasteiger partial charge on any atom is 0.239 e. The molecule has 0 aliphatic carbocycles. The fourth-order valence-corrected chi connectivity index (χ4v) is 1.61. The average molecular weight is 251 g/mol. The number of benzene rings is 1. The van der Waals surface area contributed by atoms with E-state index in [1.165, 1.54) is 0 Å². The minimum absolute atomic E-state index is 0.0108. The van der Waals surface area contributed by atoms with Gasteiger partial charge in [-0.05, 0) is 26.0 Å². The number of nitrogens with two attached hydrogens (primary N) is 1. The molecule has 0 aliphatic rings. The molecule has 0 saturated carbocycles. The second kappa shape index (κ2) is 6.14. The average Bonchev–Trinajstić information content (AvgIpc) is 2.28. The standard InChI is InChI=1S/C13H21N3O2/c1-9(2)15-13(17)8-16(3)10-5-6-11(14)12(7-10)18-4/h5-7,9H,8,14H2,1-4H3,(H,15,17). The molecule has 0 unspecified atom stereocenters. The number of carbonyl (C=O) groups excluding carboxylic acids is 1. The summed E-state index contributed by atoms with van der Waals surface area (Å²) in [4.78, 5) is 13.5. The van der Waals surface area contributed by atoms with E-state index in [4.69, 9.17) is 10.5 Å². The first-order chi connectivity index (χ1) is 8.43. The molecule has 100 valence electrons. The van der Waals surface area contributed by atoms with Crippen LogP contribution in [0.1, 0.15) is 13.8 Å². The number of rotatable bonds is 5. The summed E-state index contributed by atoms with van der Waals surface area (Å²) in [6.07, 6.45) is 0. The smallest absolute Gasteiger partial charge is 0.239 e. The van der Waals surface area contributed by atoms with Crippen LogP contribution in [0.15, 0.2) is 18.2 Å². The highest BCUT2D eigenvalue weighted by atomic mass is 16.5. The second-order valence-corrected chi connectivity index (χ2v) is 4.50. The van der Waals surface area contributed by atoms with Crippen molar-refractivity contribution in [1.82, 2.24) is 5.32 Å². The first kappa shape index (κ1) is 14.2. The summed E-state index contributed by atoms with van der Waals surface area (Å²) in [5.41, 5.74) is 7.22. The zero-order valence-corrected chi connectivity index (χ0v) is 11.4. The van der Waals surface area contributed by atoms with E-state index in [-0.39, 0.29) is 11.9 Å². The number of amides is 1. The lowest BCUT2D eigenvalue weighted by molar-refractivity contribution is -0.120. The van der Waals surface area contributed by atoms with Gasteiger partial charge in [0.05, 0.1) is 19.3 Å². The lowest BCUT2D eigenvalue weighted by Crippen LogP contribution is -2.38. The fraction of sp³-hybridized carbons (Fsp3) is 0.462. The van der Waals surface area contributed by atoms with E-state index >= 15 is 0 Å². The molecule has 1 aromatic carbocycles. The summed E-state index contributed by atoms with van der Waals surface area (Å²) in [6.45, 7) is 4.17. The van der Waals surface area contributed by atoms with Gasteiger partial charge in [0, 0.05) is 24.8 Å². The van der Waals surface area contributed by atoms with Crippen molar-refractivity contribution in [1.29, 1.82) is 0 Å². The van der Waals surface area contributed by atoms with Crippen LogP contribution in [0.25, 0.3) is 0 Å². The summed E-state index contributed by atoms with van der Waals surface area (Å²) in [7, 11) is 3.42. The number of likely N-dealkylation sites (N-methyl/N-ethyl adjacent to an activating group) is 1. The molecule has 18 heavy (non-hydrogen) atoms. The van der Waals surface area contributed by atoms with Crippen LogP contribution >= 0.6 is 0 Å². The van der Waals surface area contributed by atoms with Gasteiger partial charge in [0.25, 0.3) is 0 Å². The third kappa shape index (κ3) is 3.84. The number of hydrogen-bond donors (Lipinski definition) is 2. The lowest BCUT2D eigenvalue weighted by atomic mass is 10.2. The maximum absolute atomic E-state index is 11.6. The zero-order chi connectivity index (χ0) is 13.7. The maximum atomic E-state index is 11.6. The van der Waals surface area contributed by atoms with Gasteiger partial charge in [-0.15, -0.1) is 0 Å². The Bertz CT molecular complexity index is 419. The minimum Gasteiger partial charge on any atom is -0.495 e. The molecule has 5 heteroatoms. The Hall–Kier alpha value is -1.91. The molecule has 0 atom stereocenters. The molecule has 0 radical (unpaired) electrons. The number of ether oxygens (including phenoxy) is 1. The lowest BCUT2D eigenvalue weighted by Gasteiger charge is -2.20. The molecule has 3 N–H and O–H groups in total. The largest absolute Gasteiger partial charge is 0.495 e. The van der Waals surface area contributed by atoms with E-state index in [0.29, 0.717) is 18.0 Å². The number of nitrogens with one attached hydrogen (secondary N) is 1. The molecule has 0 aromatic heterocycles. The molecule has 0 bridgehead atoms. The monoisotopic (exact) mass is 251 g/mol. The van der Waals surface area contributed by atoms with Crippen LogP contribution in [0.5, 0.6) is 5.75 Å². The van der Waals surface area contributed by atoms with Crippen LogP contribution in [0, 0.1) is 0 Å². The Morgan fingerprint density at radius 2 is 2.17 bits per heavy atom. The van der Waals surface area contributed by atoms with E-state index in [2.05, 4.69) is 5.32 Å². The van der Waals surface area contributed by atoms with Crippen molar-refractivity contribution in [2.75, 3.05) is 31.3 Å². The predicted molar refractivity (Wildman–Crippen MR) is 74.0 cm³/mol. The number of nitrogens with zero attached hydrogens (tertiary/aromatic N) is 1. The Kier molecular flexibility index (Phi) is 4.83. The minimum atomic E-state index is -0.0108. The van der Waals surface area contributed by atoms with E-state index in [1.54, 1.807) is 13.2 Å². The molecular formula is C13H21N3O2. The van der Waals surface area contributed by atoms with E-state index in [9.17, 15) is 4.79 Å². The number of carbonyl (C=O) groups is 1. The summed E-state index contributed by atoms with van der Waals surface area (Å²) in [5.74, 6) is 0.604. The van der Waals surface area contributed by atoms with Crippen LogP contribution in [-0.2, 0) is 4.79 Å². The Labute approximate surface area is 108 Å². The molecular weight excluding hydrogens is 230 g/mol. The van der Waals surface area contributed by atoms with Gasteiger partial charge in [-0.2, -0.15) is 0 Å². The first-order valence-electron chi connectivity index (χ1n) is 5.88. The quantitative estimate of drug-likeness (QED) is 0.773. The zero-order valence-electron chi connectivity index (χ0n) is 11.4. The van der Waals surface area contributed by atoms with Crippen molar-refractivity contribution >= 4 is 17.3 Å². The van der Waals surface area contributed by atoms with Gasteiger partial charge in [-0.1, -0.05) is 0 Å². The number of nitrogen functional groups attached to an aromatic ring is 1. The van der Waals surface area contributed by atoms with Crippen molar-refractivity contribution in [2.24, 2.45) is 0 Å². The predicted octanol–water partition coefficient (Wildman–Crippen LogP) is 1.24. The highest BCUT2D eigenvalue weighted by molar-refractivity contribution is 5.81. The third-order valence-electron chi connectivity index (χ3n) is 2.49. The van der Waals surface area contributed by atoms with Crippen molar-refractivity contribution < 1.29 is 9.53 Å². The molecule has 5 nitrogen and oxygen atoms in total. The van der Waals surface area contributed by atoms with Crippen LogP contribution in [0.3, 0.4) is 0 Å². The van der Waals surface area contributed by atoms with Crippen molar-refractivity contribution in [3.05, 3.63) is 18.2 Å². The molecule has 1 aromatic rings. The number of methoxy groups -OCH3 is 1. The van der Waals surface area contributed by atoms with Gasteiger partial charge in [0.1, 0.15) is 5.75 Å². The van der Waals surface area contributed by atoms with Gasteiger partial charge in [0.15, 0.2) is 0 Å². The van der Waals surface area contributed by atoms with E-state index in [0.717, 1.165) is 5.69 Å². The second-order valence-electron chi connectivity index (χ2n) is 4.50. The molecule has 0 saturated heterocycles. The van der Waals surface area contributed by atoms with Crippen LogP contribution in [0.2, 0.25) is 0 Å². The number of hydrogen-bond acceptors (Lipinski definition) is 4. The molecule has 0 fully saturated rings. The van der Waals surface area contributed by atoms with Crippen molar-refractivity contribution in [2.45, 2.75) is 19.9 Å². The normalized spacial score (nSPS) is 10.3. The molecule has 1 rings (SSSR count). The Morgan fingerprint density at radius 1 is 1.50 bits per heavy atom. The van der Waals surface area contributed by atoms with Crippen molar-refractivity contribution in [3.63, 3.8) is 0 Å².